The Labute approximate surface area is 137 Å². The molecular weight excluding hydrogens is 331 g/mol. The summed E-state index contributed by atoms with van der Waals surface area (Å²) in [6, 6.07) is 2.91. The van der Waals surface area contributed by atoms with Crippen molar-refractivity contribution in [1.82, 2.24) is 4.31 Å². The molecule has 0 spiro atoms. The molecule has 120 valence electrons. The molecular formula is C14H22Cl2N2O2S. The summed E-state index contributed by atoms with van der Waals surface area (Å²) in [5.41, 5.74) is 6.16. The van der Waals surface area contributed by atoms with Gasteiger partial charge in [-0.3, -0.25) is 0 Å². The van der Waals surface area contributed by atoms with E-state index >= 15 is 0 Å². The van der Waals surface area contributed by atoms with Crippen LogP contribution in [0.1, 0.15) is 32.8 Å². The highest BCUT2D eigenvalue weighted by Crippen LogP contribution is 2.30. The zero-order valence-electron chi connectivity index (χ0n) is 12.6. The number of hydrogen-bond donors (Lipinski definition) is 1. The molecule has 0 aliphatic heterocycles. The number of hydrogen-bond acceptors (Lipinski definition) is 3. The Balaban J connectivity index is 3.28. The maximum Gasteiger partial charge on any atom is 0.244 e. The molecule has 0 aliphatic carbocycles. The summed E-state index contributed by atoms with van der Waals surface area (Å²) in [5.74, 6) is 0.278. The van der Waals surface area contributed by atoms with Crippen molar-refractivity contribution in [3.05, 3.63) is 27.7 Å². The summed E-state index contributed by atoms with van der Waals surface area (Å²) in [5, 5.41) is 0.506. The zero-order chi connectivity index (χ0) is 16.2. The van der Waals surface area contributed by atoms with Crippen LogP contribution in [-0.4, -0.2) is 25.8 Å². The third kappa shape index (κ3) is 4.33. The number of sulfonamides is 1. The van der Waals surface area contributed by atoms with E-state index in [4.69, 9.17) is 28.9 Å². The number of nitrogens with zero attached hydrogens (tertiary/aromatic N) is 1. The molecule has 0 aromatic heterocycles. The normalized spacial score (nSPS) is 13.7. The molecule has 1 aromatic carbocycles. The lowest BCUT2D eigenvalue weighted by atomic mass is 10.1. The molecule has 0 bridgehead atoms. The van der Waals surface area contributed by atoms with Gasteiger partial charge in [0.15, 0.2) is 0 Å². The molecule has 0 heterocycles. The molecule has 7 heteroatoms. The van der Waals surface area contributed by atoms with Gasteiger partial charge in [0, 0.05) is 24.7 Å². The van der Waals surface area contributed by atoms with Crippen molar-refractivity contribution in [1.29, 1.82) is 0 Å². The largest absolute Gasteiger partial charge is 0.326 e. The molecule has 0 aliphatic rings. The summed E-state index contributed by atoms with van der Waals surface area (Å²) in [7, 11) is -3.65. The van der Waals surface area contributed by atoms with Gasteiger partial charge in [0.2, 0.25) is 10.0 Å². The van der Waals surface area contributed by atoms with Gasteiger partial charge in [-0.2, -0.15) is 4.31 Å². The summed E-state index contributed by atoms with van der Waals surface area (Å²) in [6.07, 6.45) is 0.911. The lowest BCUT2D eigenvalue weighted by Crippen LogP contribution is -2.34. The highest BCUT2D eigenvalue weighted by atomic mass is 35.5. The maximum atomic E-state index is 12.8. The van der Waals surface area contributed by atoms with Crippen LogP contribution in [0.25, 0.3) is 0 Å². The fraction of sp³-hybridized carbons (Fsp3) is 0.571. The van der Waals surface area contributed by atoms with Gasteiger partial charge in [-0.05, 0) is 23.6 Å². The molecule has 21 heavy (non-hydrogen) atoms. The van der Waals surface area contributed by atoms with Crippen LogP contribution in [0.4, 0.5) is 0 Å². The van der Waals surface area contributed by atoms with Crippen LogP contribution in [0, 0.1) is 5.92 Å². The van der Waals surface area contributed by atoms with E-state index < -0.39 is 10.0 Å². The van der Waals surface area contributed by atoms with E-state index in [2.05, 4.69) is 0 Å². The van der Waals surface area contributed by atoms with E-state index in [9.17, 15) is 8.42 Å². The quantitative estimate of drug-likeness (QED) is 0.816. The number of benzene rings is 1. The predicted octanol–water partition coefficient (Wildman–Crippen LogP) is 3.51. The Morgan fingerprint density at radius 1 is 1.24 bits per heavy atom. The van der Waals surface area contributed by atoms with Crippen molar-refractivity contribution in [3.8, 4) is 0 Å². The van der Waals surface area contributed by atoms with Crippen molar-refractivity contribution in [2.45, 2.75) is 38.6 Å². The highest BCUT2D eigenvalue weighted by molar-refractivity contribution is 7.89. The van der Waals surface area contributed by atoms with Crippen LogP contribution < -0.4 is 5.73 Å². The van der Waals surface area contributed by atoms with E-state index in [0.29, 0.717) is 23.7 Å². The van der Waals surface area contributed by atoms with Crippen LogP contribution in [0.15, 0.2) is 17.0 Å². The van der Waals surface area contributed by atoms with Gasteiger partial charge in [-0.25, -0.2) is 8.42 Å². The molecule has 0 saturated heterocycles. The minimum atomic E-state index is -3.65. The van der Waals surface area contributed by atoms with Crippen molar-refractivity contribution >= 4 is 33.2 Å². The molecule has 2 N–H and O–H groups in total. The Kier molecular flexibility index (Phi) is 6.94. The molecule has 0 amide bonds. The monoisotopic (exact) mass is 352 g/mol. The first-order valence-corrected chi connectivity index (χ1v) is 9.15. The SMILES string of the molecule is CCC(C)CN(CC)S(=O)(=O)c1cc(CN)c(Cl)cc1Cl. The van der Waals surface area contributed by atoms with Gasteiger partial charge in [0.25, 0.3) is 0 Å². The second-order valence-electron chi connectivity index (χ2n) is 5.05. The smallest absolute Gasteiger partial charge is 0.244 e. The Bertz CT molecular complexity index is 591. The molecule has 0 radical (unpaired) electrons. The van der Waals surface area contributed by atoms with Gasteiger partial charge >= 0.3 is 0 Å². The fourth-order valence-corrected chi connectivity index (χ4v) is 4.36. The van der Waals surface area contributed by atoms with Crippen molar-refractivity contribution in [2.24, 2.45) is 11.7 Å². The fourth-order valence-electron chi connectivity index (χ4n) is 1.94. The predicted molar refractivity (Wildman–Crippen MR) is 88.2 cm³/mol. The Hall–Kier alpha value is -0.330. The molecule has 0 saturated carbocycles. The van der Waals surface area contributed by atoms with Gasteiger partial charge < -0.3 is 5.73 Å². The first kappa shape index (κ1) is 18.7. The summed E-state index contributed by atoms with van der Waals surface area (Å²) >= 11 is 12.1. The lowest BCUT2D eigenvalue weighted by molar-refractivity contribution is 0.361. The van der Waals surface area contributed by atoms with E-state index in [-0.39, 0.29) is 22.4 Å². The summed E-state index contributed by atoms with van der Waals surface area (Å²) < 4.78 is 27.0. The second kappa shape index (κ2) is 7.79. The zero-order valence-corrected chi connectivity index (χ0v) is 14.9. The van der Waals surface area contributed by atoms with Crippen LogP contribution in [0.2, 0.25) is 10.0 Å². The van der Waals surface area contributed by atoms with Crippen LogP contribution in [-0.2, 0) is 16.6 Å². The third-order valence-electron chi connectivity index (χ3n) is 3.50. The highest BCUT2D eigenvalue weighted by Gasteiger charge is 2.27. The number of rotatable bonds is 7. The molecule has 1 rings (SSSR count). The summed E-state index contributed by atoms with van der Waals surface area (Å²) in [4.78, 5) is 0.0687. The molecule has 4 nitrogen and oxygen atoms in total. The Morgan fingerprint density at radius 3 is 2.33 bits per heavy atom. The molecule has 1 aromatic rings. The Morgan fingerprint density at radius 2 is 1.86 bits per heavy atom. The molecule has 1 unspecified atom stereocenters. The van der Waals surface area contributed by atoms with Crippen molar-refractivity contribution in [3.63, 3.8) is 0 Å². The third-order valence-corrected chi connectivity index (χ3v) is 6.26. The van der Waals surface area contributed by atoms with E-state index in [0.717, 1.165) is 6.42 Å². The minimum absolute atomic E-state index is 0.0687. The van der Waals surface area contributed by atoms with Gasteiger partial charge in [-0.15, -0.1) is 0 Å². The van der Waals surface area contributed by atoms with Crippen LogP contribution in [0.3, 0.4) is 0 Å². The van der Waals surface area contributed by atoms with E-state index in [1.54, 1.807) is 0 Å². The second-order valence-corrected chi connectivity index (χ2v) is 7.77. The van der Waals surface area contributed by atoms with Gasteiger partial charge in [-0.1, -0.05) is 50.4 Å². The van der Waals surface area contributed by atoms with E-state index in [1.165, 1.54) is 16.4 Å². The molecule has 0 fully saturated rings. The first-order valence-electron chi connectivity index (χ1n) is 6.96. The maximum absolute atomic E-state index is 12.8. The minimum Gasteiger partial charge on any atom is -0.326 e. The number of halogens is 2. The number of nitrogens with two attached hydrogens (primary N) is 1. The van der Waals surface area contributed by atoms with Crippen molar-refractivity contribution in [2.75, 3.05) is 13.1 Å². The van der Waals surface area contributed by atoms with Gasteiger partial charge in [0.1, 0.15) is 4.90 Å². The van der Waals surface area contributed by atoms with Crippen LogP contribution >= 0.6 is 23.2 Å². The average Bonchev–Trinajstić information content (AvgIpc) is 2.43. The molecule has 1 atom stereocenters. The standard InChI is InChI=1S/C14H22Cl2N2O2S/c1-4-10(3)9-18(5-2)21(19,20)14-6-11(8-17)12(15)7-13(14)16/h6-7,10H,4-5,8-9,17H2,1-3H3. The summed E-state index contributed by atoms with van der Waals surface area (Å²) in [6.45, 7) is 6.89. The topological polar surface area (TPSA) is 63.4 Å². The van der Waals surface area contributed by atoms with Gasteiger partial charge in [0.05, 0.1) is 5.02 Å². The van der Waals surface area contributed by atoms with E-state index in [1.807, 2.05) is 20.8 Å². The first-order chi connectivity index (χ1) is 9.77. The van der Waals surface area contributed by atoms with Crippen LogP contribution in [0.5, 0.6) is 0 Å². The van der Waals surface area contributed by atoms with Crippen molar-refractivity contribution < 1.29 is 8.42 Å². The lowest BCUT2D eigenvalue weighted by Gasteiger charge is -2.24. The average molecular weight is 353 g/mol.